The second-order valence-corrected chi connectivity index (χ2v) is 5.70. The van der Waals surface area contributed by atoms with Gasteiger partial charge in [0.05, 0.1) is 6.61 Å². The monoisotopic (exact) mass is 346 g/mol. The summed E-state index contributed by atoms with van der Waals surface area (Å²) in [4.78, 5) is 24.3. The number of rotatable bonds is 5. The molecule has 0 aliphatic rings. The molecular weight excluding hydrogens is 328 g/mol. The predicted molar refractivity (Wildman–Crippen MR) is 99.9 cm³/mol. The molecule has 26 heavy (non-hydrogen) atoms. The van der Waals surface area contributed by atoms with Gasteiger partial charge in [-0.25, -0.2) is 4.79 Å². The molecule has 0 amide bonds. The lowest BCUT2D eigenvalue weighted by atomic mass is 9.93. The average molecular weight is 346 g/mol. The SMILES string of the molecule is CCOC(=O)C(=O)c1cc(-c2ccccc2)c(O)c(-c2ccccc2)c1. The molecular formula is C22H18O4. The lowest BCUT2D eigenvalue weighted by Gasteiger charge is -2.13. The van der Waals surface area contributed by atoms with Crippen molar-refractivity contribution in [3.63, 3.8) is 0 Å². The van der Waals surface area contributed by atoms with Gasteiger partial charge in [-0.15, -0.1) is 0 Å². The second-order valence-electron chi connectivity index (χ2n) is 5.70. The maximum Gasteiger partial charge on any atom is 0.379 e. The van der Waals surface area contributed by atoms with Gasteiger partial charge in [0.15, 0.2) is 0 Å². The van der Waals surface area contributed by atoms with E-state index in [2.05, 4.69) is 0 Å². The fourth-order valence-corrected chi connectivity index (χ4v) is 2.76. The van der Waals surface area contributed by atoms with E-state index in [1.807, 2.05) is 60.7 Å². The minimum absolute atomic E-state index is 0.0582. The summed E-state index contributed by atoms with van der Waals surface area (Å²) in [5, 5.41) is 10.8. The summed E-state index contributed by atoms with van der Waals surface area (Å²) >= 11 is 0. The van der Waals surface area contributed by atoms with Crippen LogP contribution in [0, 0.1) is 0 Å². The van der Waals surface area contributed by atoms with E-state index in [1.165, 1.54) is 12.1 Å². The molecule has 0 aromatic heterocycles. The lowest BCUT2D eigenvalue weighted by molar-refractivity contribution is -0.137. The first-order valence-electron chi connectivity index (χ1n) is 8.31. The molecule has 130 valence electrons. The normalized spacial score (nSPS) is 10.3. The van der Waals surface area contributed by atoms with Crippen molar-refractivity contribution in [2.45, 2.75) is 6.92 Å². The van der Waals surface area contributed by atoms with Gasteiger partial charge in [-0.2, -0.15) is 0 Å². The third kappa shape index (κ3) is 3.49. The zero-order valence-electron chi connectivity index (χ0n) is 14.3. The number of benzene rings is 3. The summed E-state index contributed by atoms with van der Waals surface area (Å²) in [5.41, 5.74) is 2.65. The molecule has 1 N–H and O–H groups in total. The summed E-state index contributed by atoms with van der Waals surface area (Å²) in [6.45, 7) is 1.77. The fourth-order valence-electron chi connectivity index (χ4n) is 2.76. The maximum atomic E-state index is 12.5. The van der Waals surface area contributed by atoms with Crippen molar-refractivity contribution < 1.29 is 19.4 Å². The minimum Gasteiger partial charge on any atom is -0.507 e. The van der Waals surface area contributed by atoms with Gasteiger partial charge in [-0.05, 0) is 30.2 Å². The summed E-state index contributed by atoms with van der Waals surface area (Å²) in [5.74, 6) is -1.58. The number of hydrogen-bond donors (Lipinski definition) is 1. The molecule has 0 saturated heterocycles. The van der Waals surface area contributed by atoms with Crippen molar-refractivity contribution >= 4 is 11.8 Å². The van der Waals surface area contributed by atoms with Crippen LogP contribution < -0.4 is 0 Å². The van der Waals surface area contributed by atoms with Crippen LogP contribution in [0.4, 0.5) is 0 Å². The zero-order chi connectivity index (χ0) is 18.5. The number of carbonyl (C=O) groups excluding carboxylic acids is 2. The molecule has 3 rings (SSSR count). The molecule has 0 fully saturated rings. The average Bonchev–Trinajstić information content (AvgIpc) is 2.69. The molecule has 0 aliphatic heterocycles. The van der Waals surface area contributed by atoms with Gasteiger partial charge in [0.25, 0.3) is 5.78 Å². The van der Waals surface area contributed by atoms with Crippen LogP contribution in [0.15, 0.2) is 72.8 Å². The highest BCUT2D eigenvalue weighted by Gasteiger charge is 2.22. The Morgan fingerprint density at radius 3 is 1.73 bits per heavy atom. The van der Waals surface area contributed by atoms with Crippen molar-refractivity contribution in [2.75, 3.05) is 6.61 Å². The molecule has 3 aromatic carbocycles. The van der Waals surface area contributed by atoms with Crippen LogP contribution in [-0.4, -0.2) is 23.5 Å². The Kier molecular flexibility index (Phi) is 5.13. The van der Waals surface area contributed by atoms with Gasteiger partial charge in [0, 0.05) is 16.7 Å². The summed E-state index contributed by atoms with van der Waals surface area (Å²) < 4.78 is 4.83. The first-order chi connectivity index (χ1) is 12.6. The number of Topliss-reactive ketones (excluding diaryl/α,β-unsaturated/α-hetero) is 1. The Morgan fingerprint density at radius 2 is 1.31 bits per heavy atom. The van der Waals surface area contributed by atoms with E-state index in [-0.39, 0.29) is 17.9 Å². The third-order valence-corrected chi connectivity index (χ3v) is 4.00. The van der Waals surface area contributed by atoms with E-state index in [4.69, 9.17) is 4.74 Å². The molecule has 0 unspecified atom stereocenters. The maximum absolute atomic E-state index is 12.5. The van der Waals surface area contributed by atoms with Gasteiger partial charge in [-0.3, -0.25) is 4.79 Å². The number of phenols is 1. The van der Waals surface area contributed by atoms with Crippen LogP contribution in [0.2, 0.25) is 0 Å². The van der Waals surface area contributed by atoms with Crippen molar-refractivity contribution in [3.8, 4) is 28.0 Å². The van der Waals surface area contributed by atoms with Crippen LogP contribution in [-0.2, 0) is 9.53 Å². The second kappa shape index (κ2) is 7.66. The highest BCUT2D eigenvalue weighted by molar-refractivity contribution is 6.41. The van der Waals surface area contributed by atoms with Gasteiger partial charge >= 0.3 is 5.97 Å². The topological polar surface area (TPSA) is 63.6 Å². The van der Waals surface area contributed by atoms with E-state index in [0.29, 0.717) is 11.1 Å². The van der Waals surface area contributed by atoms with Crippen molar-refractivity contribution in [1.29, 1.82) is 0 Å². The Labute approximate surface area is 151 Å². The van der Waals surface area contributed by atoms with Crippen LogP contribution in [0.3, 0.4) is 0 Å². The van der Waals surface area contributed by atoms with E-state index < -0.39 is 11.8 Å². The molecule has 3 aromatic rings. The molecule has 0 atom stereocenters. The van der Waals surface area contributed by atoms with E-state index >= 15 is 0 Å². The first kappa shape index (κ1) is 17.4. The fraction of sp³-hybridized carbons (Fsp3) is 0.0909. The quantitative estimate of drug-likeness (QED) is 0.420. The van der Waals surface area contributed by atoms with Crippen LogP contribution in [0.25, 0.3) is 22.3 Å². The van der Waals surface area contributed by atoms with Gasteiger partial charge in [0.1, 0.15) is 5.75 Å². The molecule has 0 spiro atoms. The highest BCUT2D eigenvalue weighted by Crippen LogP contribution is 2.39. The molecule has 4 nitrogen and oxygen atoms in total. The van der Waals surface area contributed by atoms with Crippen molar-refractivity contribution in [2.24, 2.45) is 0 Å². The summed E-state index contributed by atoms with van der Waals surface area (Å²) in [7, 11) is 0. The molecule has 4 heteroatoms. The molecule has 0 radical (unpaired) electrons. The summed E-state index contributed by atoms with van der Waals surface area (Å²) in [6, 6.07) is 21.5. The van der Waals surface area contributed by atoms with Crippen LogP contribution in [0.1, 0.15) is 17.3 Å². The Bertz CT molecular complexity index is 870. The Hall–Kier alpha value is -3.40. The highest BCUT2D eigenvalue weighted by atomic mass is 16.5. The number of phenolic OH excluding ortho intramolecular Hbond substituents is 1. The van der Waals surface area contributed by atoms with Crippen molar-refractivity contribution in [3.05, 3.63) is 78.4 Å². The minimum atomic E-state index is -0.906. The Morgan fingerprint density at radius 1 is 0.846 bits per heavy atom. The lowest BCUT2D eigenvalue weighted by Crippen LogP contribution is -2.17. The van der Waals surface area contributed by atoms with Gasteiger partial charge in [-0.1, -0.05) is 60.7 Å². The molecule has 0 heterocycles. The number of aromatic hydroxyl groups is 1. The smallest absolute Gasteiger partial charge is 0.379 e. The largest absolute Gasteiger partial charge is 0.507 e. The first-order valence-corrected chi connectivity index (χ1v) is 8.31. The standard InChI is InChI=1S/C22H18O4/c1-2-26-22(25)20(23)17-13-18(15-9-5-3-6-10-15)21(24)19(14-17)16-11-7-4-8-12-16/h3-14,24H,2H2,1H3. The number of ketones is 1. The van der Waals surface area contributed by atoms with E-state index in [9.17, 15) is 14.7 Å². The number of hydrogen-bond acceptors (Lipinski definition) is 4. The number of carbonyl (C=O) groups is 2. The van der Waals surface area contributed by atoms with Crippen LogP contribution >= 0.6 is 0 Å². The Balaban J connectivity index is 2.20. The van der Waals surface area contributed by atoms with Crippen molar-refractivity contribution in [1.82, 2.24) is 0 Å². The van der Waals surface area contributed by atoms with E-state index in [1.54, 1.807) is 6.92 Å². The van der Waals surface area contributed by atoms with Gasteiger partial charge in [0.2, 0.25) is 0 Å². The van der Waals surface area contributed by atoms with Crippen LogP contribution in [0.5, 0.6) is 5.75 Å². The predicted octanol–water partition coefficient (Wildman–Crippen LogP) is 4.47. The molecule has 0 aliphatic carbocycles. The molecule has 0 saturated carbocycles. The molecule has 0 bridgehead atoms. The zero-order valence-corrected chi connectivity index (χ0v) is 14.3. The number of esters is 1. The summed E-state index contributed by atoms with van der Waals surface area (Å²) in [6.07, 6.45) is 0. The van der Waals surface area contributed by atoms with Gasteiger partial charge < -0.3 is 9.84 Å². The number of ether oxygens (including phenoxy) is 1. The third-order valence-electron chi connectivity index (χ3n) is 4.00. The van der Waals surface area contributed by atoms with E-state index in [0.717, 1.165) is 11.1 Å².